The van der Waals surface area contributed by atoms with Crippen LogP contribution in [0, 0.1) is 0 Å². The van der Waals surface area contributed by atoms with Crippen molar-refractivity contribution in [3.63, 3.8) is 0 Å². The zero-order chi connectivity index (χ0) is 11.4. The van der Waals surface area contributed by atoms with E-state index in [2.05, 4.69) is 5.32 Å². The van der Waals surface area contributed by atoms with Crippen molar-refractivity contribution in [1.82, 2.24) is 0 Å². The Morgan fingerprint density at radius 2 is 1.53 bits per heavy atom. The third-order valence-electron chi connectivity index (χ3n) is 2.17. The Morgan fingerprint density at radius 3 is 2.18 bits per heavy atom. The summed E-state index contributed by atoms with van der Waals surface area (Å²) in [5.41, 5.74) is 1.30. The fourth-order valence-electron chi connectivity index (χ4n) is 1.35. The van der Waals surface area contributed by atoms with Crippen molar-refractivity contribution in [1.29, 1.82) is 0 Å². The zero-order valence-corrected chi connectivity index (χ0v) is 13.0. The summed E-state index contributed by atoms with van der Waals surface area (Å²) in [6, 6.07) is 16.3. The third kappa shape index (κ3) is 3.62. The van der Waals surface area contributed by atoms with Gasteiger partial charge in [-0.15, -0.1) is 0 Å². The first-order valence-electron chi connectivity index (χ1n) is 4.90. The van der Waals surface area contributed by atoms with Crippen LogP contribution in [-0.4, -0.2) is 5.91 Å². The number of rotatable bonds is 2. The van der Waals surface area contributed by atoms with Crippen LogP contribution >= 0.6 is 0 Å². The van der Waals surface area contributed by atoms with E-state index < -0.39 is 0 Å². The summed E-state index contributed by atoms with van der Waals surface area (Å²) in [6.45, 7) is 0. The molecule has 0 saturated heterocycles. The molecule has 1 amide bonds. The van der Waals surface area contributed by atoms with Gasteiger partial charge in [0.1, 0.15) is 0 Å². The number of anilines is 1. The normalized spacial score (nSPS) is 9.18. The number of carbonyl (C=O) groups is 1. The molecule has 0 aromatic heterocycles. The maximum atomic E-state index is 11.8. The van der Waals surface area contributed by atoms with Crippen LogP contribution in [0.5, 0.6) is 0 Å². The van der Waals surface area contributed by atoms with Crippen LogP contribution in [0.2, 0.25) is 0 Å². The minimum atomic E-state index is -0.141. The molecule has 0 spiro atoms. The summed E-state index contributed by atoms with van der Waals surface area (Å²) in [7, 11) is 0. The Hall–Kier alpha value is -1.25. The quantitative estimate of drug-likeness (QED) is 0.681. The summed E-state index contributed by atoms with van der Waals surface area (Å²) in [6.07, 6.45) is 0. The maximum Gasteiger partial charge on any atom is 0.255 e. The van der Waals surface area contributed by atoms with E-state index in [0.29, 0.717) is 16.1 Å². The second kappa shape index (κ2) is 6.48. The Kier molecular flexibility index (Phi) is 5.27. The molecule has 0 bridgehead atoms. The SMILES string of the molecule is O=C(Nc1ccccc1[S-])c1ccccc1.[Zn]. The Morgan fingerprint density at radius 1 is 0.941 bits per heavy atom. The number of amides is 1. The molecule has 2 aromatic carbocycles. The van der Waals surface area contributed by atoms with Crippen LogP contribution in [0.1, 0.15) is 10.4 Å². The molecule has 0 atom stereocenters. The van der Waals surface area contributed by atoms with E-state index in [9.17, 15) is 4.79 Å². The molecule has 0 aliphatic rings. The first-order valence-corrected chi connectivity index (χ1v) is 5.30. The van der Waals surface area contributed by atoms with Gasteiger partial charge in [0.25, 0.3) is 5.91 Å². The van der Waals surface area contributed by atoms with Crippen LogP contribution in [0.25, 0.3) is 0 Å². The Balaban J connectivity index is 0.00000144. The van der Waals surface area contributed by atoms with Gasteiger partial charge in [0.05, 0.1) is 0 Å². The van der Waals surface area contributed by atoms with Crippen LogP contribution in [-0.2, 0) is 32.1 Å². The average Bonchev–Trinajstić information content (AvgIpc) is 2.33. The summed E-state index contributed by atoms with van der Waals surface area (Å²) in [4.78, 5) is 12.5. The predicted octanol–water partition coefficient (Wildman–Crippen LogP) is 2.84. The van der Waals surface area contributed by atoms with Gasteiger partial charge in [-0.3, -0.25) is 4.79 Å². The standard InChI is InChI=1S/C13H11NOS.Zn/c15-13(10-6-2-1-3-7-10)14-11-8-4-5-9-12(11)16;/h1-9,16H,(H,14,15);/p-1. The Labute approximate surface area is 119 Å². The maximum absolute atomic E-state index is 11.8. The Bertz CT molecular complexity index is 502. The number of para-hydroxylation sites is 1. The smallest absolute Gasteiger partial charge is 0.255 e. The molecule has 0 aliphatic heterocycles. The molecule has 0 saturated carbocycles. The molecule has 17 heavy (non-hydrogen) atoms. The van der Waals surface area contributed by atoms with Crippen molar-refractivity contribution < 1.29 is 24.3 Å². The van der Waals surface area contributed by atoms with Crippen molar-refractivity contribution in [2.24, 2.45) is 0 Å². The number of hydrogen-bond acceptors (Lipinski definition) is 2. The summed E-state index contributed by atoms with van der Waals surface area (Å²) in [5, 5.41) is 2.78. The van der Waals surface area contributed by atoms with Gasteiger partial charge in [0.2, 0.25) is 0 Å². The molecule has 2 aromatic rings. The summed E-state index contributed by atoms with van der Waals surface area (Å²) < 4.78 is 0. The zero-order valence-electron chi connectivity index (χ0n) is 9.22. The molecule has 2 rings (SSSR count). The summed E-state index contributed by atoms with van der Waals surface area (Å²) >= 11 is 5.11. The summed E-state index contributed by atoms with van der Waals surface area (Å²) in [5.74, 6) is -0.141. The molecule has 1 N–H and O–H groups in total. The van der Waals surface area contributed by atoms with E-state index in [0.717, 1.165) is 0 Å². The van der Waals surface area contributed by atoms with E-state index >= 15 is 0 Å². The van der Waals surface area contributed by atoms with Gasteiger partial charge in [0, 0.05) is 30.7 Å². The number of benzene rings is 2. The largest absolute Gasteiger partial charge is 0.778 e. The first-order chi connectivity index (χ1) is 7.77. The minimum absolute atomic E-state index is 0. The van der Waals surface area contributed by atoms with Crippen molar-refractivity contribution in [2.45, 2.75) is 4.90 Å². The van der Waals surface area contributed by atoms with Crippen molar-refractivity contribution in [2.75, 3.05) is 5.32 Å². The molecule has 0 fully saturated rings. The van der Waals surface area contributed by atoms with E-state index in [4.69, 9.17) is 12.6 Å². The first kappa shape index (κ1) is 13.8. The third-order valence-corrected chi connectivity index (χ3v) is 2.53. The monoisotopic (exact) mass is 292 g/mol. The van der Waals surface area contributed by atoms with Gasteiger partial charge in [0.15, 0.2) is 0 Å². The van der Waals surface area contributed by atoms with Gasteiger partial charge in [-0.1, -0.05) is 36.4 Å². The van der Waals surface area contributed by atoms with Gasteiger partial charge in [-0.25, -0.2) is 0 Å². The van der Waals surface area contributed by atoms with Crippen molar-refractivity contribution in [3.8, 4) is 0 Å². The van der Waals surface area contributed by atoms with Crippen LogP contribution < -0.4 is 5.32 Å². The second-order valence-corrected chi connectivity index (χ2v) is 3.76. The fourth-order valence-corrected chi connectivity index (χ4v) is 1.55. The molecule has 0 aliphatic carbocycles. The van der Waals surface area contributed by atoms with Crippen molar-refractivity contribution >= 4 is 24.2 Å². The molecule has 4 heteroatoms. The van der Waals surface area contributed by atoms with Gasteiger partial charge in [-0.05, 0) is 18.2 Å². The van der Waals surface area contributed by atoms with Gasteiger partial charge < -0.3 is 17.9 Å². The van der Waals surface area contributed by atoms with Gasteiger partial charge in [-0.2, -0.15) is 4.90 Å². The molecule has 0 heterocycles. The predicted molar refractivity (Wildman–Crippen MR) is 66.5 cm³/mol. The number of carbonyl (C=O) groups excluding carboxylic acids is 1. The topological polar surface area (TPSA) is 29.1 Å². The van der Waals surface area contributed by atoms with Crippen LogP contribution in [0.4, 0.5) is 5.69 Å². The van der Waals surface area contributed by atoms with Gasteiger partial charge >= 0.3 is 0 Å². The van der Waals surface area contributed by atoms with Crippen LogP contribution in [0.15, 0.2) is 59.5 Å². The second-order valence-electron chi connectivity index (χ2n) is 3.32. The van der Waals surface area contributed by atoms with E-state index in [1.807, 2.05) is 30.3 Å². The molecule has 2 nitrogen and oxygen atoms in total. The van der Waals surface area contributed by atoms with E-state index in [-0.39, 0.29) is 25.4 Å². The van der Waals surface area contributed by atoms with Crippen LogP contribution in [0.3, 0.4) is 0 Å². The average molecular weight is 294 g/mol. The van der Waals surface area contributed by atoms with E-state index in [1.54, 1.807) is 24.3 Å². The van der Waals surface area contributed by atoms with Crippen molar-refractivity contribution in [3.05, 3.63) is 60.2 Å². The minimum Gasteiger partial charge on any atom is -0.778 e. The molecule has 0 unspecified atom stereocenters. The molecular formula is C13H10NOSZn-. The molecule has 82 valence electrons. The number of hydrogen-bond donors (Lipinski definition) is 1. The fraction of sp³-hybridized carbons (Fsp3) is 0. The molecule has 0 radical (unpaired) electrons. The van der Waals surface area contributed by atoms with E-state index in [1.165, 1.54) is 0 Å². The molecular weight excluding hydrogens is 284 g/mol. The number of nitrogens with one attached hydrogen (secondary N) is 1.